The number of ether oxygens (including phenoxy) is 1. The molecule has 0 saturated carbocycles. The number of amides is 2. The Labute approximate surface area is 186 Å². The monoisotopic (exact) mass is 465 g/mol. The van der Waals surface area contributed by atoms with Crippen molar-refractivity contribution >= 4 is 33.4 Å². The molecule has 1 fully saturated rings. The first kappa shape index (κ1) is 23.2. The van der Waals surface area contributed by atoms with Gasteiger partial charge < -0.3 is 15.4 Å². The van der Waals surface area contributed by atoms with Crippen LogP contribution in [0.15, 0.2) is 53.4 Å². The Kier molecular flexibility index (Phi) is 8.03. The number of nitrogens with one attached hydrogen (secondary N) is 2. The molecule has 1 saturated heterocycles. The van der Waals surface area contributed by atoms with Crippen LogP contribution in [0, 0.1) is 0 Å². The molecule has 0 aromatic heterocycles. The predicted molar refractivity (Wildman–Crippen MR) is 116 cm³/mol. The third kappa shape index (κ3) is 6.51. The average Bonchev–Trinajstić information content (AvgIpc) is 2.79. The lowest BCUT2D eigenvalue weighted by molar-refractivity contribution is -0.121. The molecule has 3 rings (SSSR count). The highest BCUT2D eigenvalue weighted by atomic mass is 35.5. The second-order valence-electron chi connectivity index (χ2n) is 6.95. The van der Waals surface area contributed by atoms with Crippen LogP contribution >= 0.6 is 11.6 Å². The zero-order chi connectivity index (χ0) is 22.3. The summed E-state index contributed by atoms with van der Waals surface area (Å²) in [7, 11) is -3.54. The SMILES string of the molecule is O=C(CCNC(=O)c1ccc(Cl)cc1)NCc1ccc(S(=O)(=O)N2CCOCC2)cc1. The number of carbonyl (C=O) groups excluding carboxylic acids is 2. The predicted octanol–water partition coefficient (Wildman–Crippen LogP) is 1.80. The smallest absolute Gasteiger partial charge is 0.251 e. The largest absolute Gasteiger partial charge is 0.379 e. The Balaban J connectivity index is 1.43. The Hall–Kier alpha value is -2.46. The van der Waals surface area contributed by atoms with Crippen LogP contribution in [0.1, 0.15) is 22.3 Å². The maximum absolute atomic E-state index is 12.6. The van der Waals surface area contributed by atoms with E-state index in [1.165, 1.54) is 4.31 Å². The molecule has 1 aliphatic heterocycles. The number of carbonyl (C=O) groups is 2. The van der Waals surface area contributed by atoms with Crippen molar-refractivity contribution in [2.45, 2.75) is 17.9 Å². The molecule has 0 spiro atoms. The highest BCUT2D eigenvalue weighted by Crippen LogP contribution is 2.17. The van der Waals surface area contributed by atoms with Crippen LogP contribution in [-0.4, -0.2) is 57.4 Å². The fourth-order valence-corrected chi connectivity index (χ4v) is 4.53. The highest BCUT2D eigenvalue weighted by molar-refractivity contribution is 7.89. The Morgan fingerprint density at radius 2 is 1.61 bits per heavy atom. The first-order valence-electron chi connectivity index (χ1n) is 9.83. The van der Waals surface area contributed by atoms with Gasteiger partial charge in [0, 0.05) is 43.2 Å². The zero-order valence-corrected chi connectivity index (χ0v) is 18.4. The standard InChI is InChI=1S/C21H24ClN3O5S/c22-18-5-3-17(4-6-18)21(27)23-10-9-20(26)24-15-16-1-7-19(8-2-16)31(28,29)25-11-13-30-14-12-25/h1-8H,9-15H2,(H,23,27)(H,24,26). The number of sulfonamides is 1. The maximum Gasteiger partial charge on any atom is 0.251 e. The van der Waals surface area contributed by atoms with Gasteiger partial charge in [0.25, 0.3) is 5.91 Å². The zero-order valence-electron chi connectivity index (χ0n) is 16.8. The number of morpholine rings is 1. The third-order valence-corrected chi connectivity index (χ3v) is 6.93. The van der Waals surface area contributed by atoms with Crippen molar-refractivity contribution in [3.05, 3.63) is 64.7 Å². The summed E-state index contributed by atoms with van der Waals surface area (Å²) in [5.74, 6) is -0.497. The molecule has 0 aliphatic carbocycles. The highest BCUT2D eigenvalue weighted by Gasteiger charge is 2.26. The van der Waals surface area contributed by atoms with Crippen LogP contribution in [0.25, 0.3) is 0 Å². The van der Waals surface area contributed by atoms with E-state index >= 15 is 0 Å². The topological polar surface area (TPSA) is 105 Å². The molecule has 2 amide bonds. The molecule has 8 nitrogen and oxygen atoms in total. The number of rotatable bonds is 8. The fraction of sp³-hybridized carbons (Fsp3) is 0.333. The van der Waals surface area contributed by atoms with Gasteiger partial charge in [-0.15, -0.1) is 0 Å². The van der Waals surface area contributed by atoms with Gasteiger partial charge in [-0.3, -0.25) is 9.59 Å². The minimum atomic E-state index is -3.54. The number of benzene rings is 2. The van der Waals surface area contributed by atoms with Crippen LogP contribution in [0.4, 0.5) is 0 Å². The summed E-state index contributed by atoms with van der Waals surface area (Å²) < 4.78 is 31.8. The molecule has 0 unspecified atom stereocenters. The molecule has 10 heteroatoms. The van der Waals surface area contributed by atoms with Gasteiger partial charge in [0.05, 0.1) is 18.1 Å². The van der Waals surface area contributed by atoms with Crippen molar-refractivity contribution in [2.75, 3.05) is 32.8 Å². The van der Waals surface area contributed by atoms with Gasteiger partial charge in [-0.25, -0.2) is 8.42 Å². The second-order valence-corrected chi connectivity index (χ2v) is 9.32. The van der Waals surface area contributed by atoms with Crippen molar-refractivity contribution in [1.82, 2.24) is 14.9 Å². The average molecular weight is 466 g/mol. The van der Waals surface area contributed by atoms with E-state index in [1.54, 1.807) is 48.5 Å². The molecule has 0 radical (unpaired) electrons. The summed E-state index contributed by atoms with van der Waals surface area (Å²) in [4.78, 5) is 24.2. The number of hydrogen-bond donors (Lipinski definition) is 2. The van der Waals surface area contributed by atoms with Crippen LogP contribution in [-0.2, 0) is 26.1 Å². The molecule has 0 bridgehead atoms. The molecule has 0 atom stereocenters. The minimum Gasteiger partial charge on any atom is -0.379 e. The van der Waals surface area contributed by atoms with E-state index in [-0.39, 0.29) is 36.2 Å². The molecule has 2 aromatic carbocycles. The van der Waals surface area contributed by atoms with Gasteiger partial charge in [-0.2, -0.15) is 4.31 Å². The summed E-state index contributed by atoms with van der Waals surface area (Å²) in [6, 6.07) is 12.9. The van der Waals surface area contributed by atoms with Crippen LogP contribution < -0.4 is 10.6 Å². The molecular formula is C21H24ClN3O5S. The van der Waals surface area contributed by atoms with Crippen molar-refractivity contribution in [3.8, 4) is 0 Å². The van der Waals surface area contributed by atoms with E-state index in [4.69, 9.17) is 16.3 Å². The lowest BCUT2D eigenvalue weighted by Gasteiger charge is -2.26. The van der Waals surface area contributed by atoms with Crippen molar-refractivity contribution < 1.29 is 22.7 Å². The van der Waals surface area contributed by atoms with E-state index in [1.807, 2.05) is 0 Å². The molecule has 1 heterocycles. The Morgan fingerprint density at radius 3 is 2.26 bits per heavy atom. The molecule has 1 aliphatic rings. The number of hydrogen-bond acceptors (Lipinski definition) is 5. The van der Waals surface area contributed by atoms with E-state index < -0.39 is 10.0 Å². The third-order valence-electron chi connectivity index (χ3n) is 4.76. The van der Waals surface area contributed by atoms with Crippen LogP contribution in [0.3, 0.4) is 0 Å². The molecule has 2 N–H and O–H groups in total. The van der Waals surface area contributed by atoms with Gasteiger partial charge in [-0.1, -0.05) is 23.7 Å². The molecular weight excluding hydrogens is 442 g/mol. The summed E-state index contributed by atoms with van der Waals surface area (Å²) in [5.41, 5.74) is 1.25. The normalized spacial score (nSPS) is 14.7. The van der Waals surface area contributed by atoms with Crippen LogP contribution in [0.2, 0.25) is 5.02 Å². The van der Waals surface area contributed by atoms with Crippen molar-refractivity contribution in [1.29, 1.82) is 0 Å². The minimum absolute atomic E-state index is 0.128. The van der Waals surface area contributed by atoms with E-state index in [0.717, 1.165) is 5.56 Å². The van der Waals surface area contributed by atoms with Gasteiger partial charge in [0.15, 0.2) is 0 Å². The van der Waals surface area contributed by atoms with Crippen LogP contribution in [0.5, 0.6) is 0 Å². The first-order valence-corrected chi connectivity index (χ1v) is 11.7. The van der Waals surface area contributed by atoms with Gasteiger partial charge in [-0.05, 0) is 42.0 Å². The van der Waals surface area contributed by atoms with Gasteiger partial charge >= 0.3 is 0 Å². The summed E-state index contributed by atoms with van der Waals surface area (Å²) in [6.45, 7) is 1.93. The van der Waals surface area contributed by atoms with E-state index in [9.17, 15) is 18.0 Å². The quantitative estimate of drug-likeness (QED) is 0.618. The number of halogens is 1. The van der Waals surface area contributed by atoms with E-state index in [2.05, 4.69) is 10.6 Å². The molecule has 166 valence electrons. The fourth-order valence-electron chi connectivity index (χ4n) is 3.00. The Morgan fingerprint density at radius 1 is 0.968 bits per heavy atom. The molecule has 2 aromatic rings. The lowest BCUT2D eigenvalue weighted by Crippen LogP contribution is -2.40. The first-order chi connectivity index (χ1) is 14.9. The summed E-state index contributed by atoms with van der Waals surface area (Å²) in [5, 5.41) is 5.98. The van der Waals surface area contributed by atoms with Gasteiger partial charge in [0.2, 0.25) is 15.9 Å². The van der Waals surface area contributed by atoms with Gasteiger partial charge in [0.1, 0.15) is 0 Å². The number of nitrogens with zero attached hydrogens (tertiary/aromatic N) is 1. The maximum atomic E-state index is 12.6. The van der Waals surface area contributed by atoms with E-state index in [0.29, 0.717) is 36.9 Å². The summed E-state index contributed by atoms with van der Waals surface area (Å²) in [6.07, 6.45) is 0.128. The second kappa shape index (κ2) is 10.7. The molecule has 31 heavy (non-hydrogen) atoms. The lowest BCUT2D eigenvalue weighted by atomic mass is 10.2. The van der Waals surface area contributed by atoms with Crippen molar-refractivity contribution in [2.24, 2.45) is 0 Å². The van der Waals surface area contributed by atoms with Crippen molar-refractivity contribution in [3.63, 3.8) is 0 Å². The Bertz CT molecular complexity index is 1000. The summed E-state index contributed by atoms with van der Waals surface area (Å²) >= 11 is 5.79.